The summed E-state index contributed by atoms with van der Waals surface area (Å²) in [6, 6.07) is -0.244. The van der Waals surface area contributed by atoms with Crippen molar-refractivity contribution in [3.8, 4) is 0 Å². The van der Waals surface area contributed by atoms with E-state index in [0.717, 1.165) is 25.9 Å². The highest BCUT2D eigenvalue weighted by Gasteiger charge is 2.08. The minimum absolute atomic E-state index is 0.244. The quantitative estimate of drug-likeness (QED) is 0.400. The summed E-state index contributed by atoms with van der Waals surface area (Å²) in [5, 5.41) is 0. The second kappa shape index (κ2) is 15.7. The molecule has 0 aromatic carbocycles. The Morgan fingerprint density at radius 2 is 1.00 bits per heavy atom. The minimum Gasteiger partial charge on any atom is -0.351 e. The molecule has 0 fully saturated rings. The van der Waals surface area contributed by atoms with Crippen molar-refractivity contribution in [2.45, 2.75) is 97.3 Å². The first-order valence-corrected chi connectivity index (χ1v) is 9.26. The van der Waals surface area contributed by atoms with Crippen LogP contribution in [-0.4, -0.2) is 24.0 Å². The second-order valence-electron chi connectivity index (χ2n) is 6.21. The zero-order valence-electron chi connectivity index (χ0n) is 14.5. The van der Waals surface area contributed by atoms with Gasteiger partial charge in [-0.3, -0.25) is 0 Å². The summed E-state index contributed by atoms with van der Waals surface area (Å²) in [6.07, 6.45) is 16.6. The number of carbonyl (C=O) groups is 1. The number of nitrogens with zero attached hydrogens (tertiary/aromatic N) is 1. The molecule has 0 rings (SSSR count). The third kappa shape index (κ3) is 14.0. The SMILES string of the molecule is CCCCCCCCCCCN(CCCCCC)C(N)=O. The molecule has 0 radical (unpaired) electrons. The number of rotatable bonds is 15. The summed E-state index contributed by atoms with van der Waals surface area (Å²) in [5.41, 5.74) is 5.45. The van der Waals surface area contributed by atoms with Gasteiger partial charge in [-0.2, -0.15) is 0 Å². The van der Waals surface area contributed by atoms with Gasteiger partial charge in [-0.05, 0) is 12.8 Å². The molecule has 0 aliphatic carbocycles. The van der Waals surface area contributed by atoms with E-state index in [1.54, 1.807) is 0 Å². The first kappa shape index (κ1) is 20.3. The average molecular weight is 299 g/mol. The van der Waals surface area contributed by atoms with Crippen molar-refractivity contribution in [3.05, 3.63) is 0 Å². The first-order valence-electron chi connectivity index (χ1n) is 9.26. The fourth-order valence-electron chi connectivity index (χ4n) is 2.67. The lowest BCUT2D eigenvalue weighted by atomic mass is 10.1. The Morgan fingerprint density at radius 3 is 1.38 bits per heavy atom. The maximum absolute atomic E-state index is 11.4. The molecule has 0 spiro atoms. The monoisotopic (exact) mass is 298 g/mol. The van der Waals surface area contributed by atoms with Crippen molar-refractivity contribution in [1.82, 2.24) is 4.90 Å². The van der Waals surface area contributed by atoms with E-state index in [4.69, 9.17) is 5.73 Å². The van der Waals surface area contributed by atoms with E-state index in [1.165, 1.54) is 70.6 Å². The van der Waals surface area contributed by atoms with Crippen molar-refractivity contribution in [1.29, 1.82) is 0 Å². The normalized spacial score (nSPS) is 10.8. The molecule has 0 aromatic heterocycles. The smallest absolute Gasteiger partial charge is 0.314 e. The first-order chi connectivity index (χ1) is 10.2. The molecular formula is C18H38N2O. The number of urea groups is 1. The molecule has 3 heteroatoms. The molecular weight excluding hydrogens is 260 g/mol. The Hall–Kier alpha value is -0.730. The van der Waals surface area contributed by atoms with Crippen LogP contribution in [0.15, 0.2) is 0 Å². The van der Waals surface area contributed by atoms with Crippen molar-refractivity contribution < 1.29 is 4.79 Å². The molecule has 0 aliphatic rings. The van der Waals surface area contributed by atoms with Gasteiger partial charge in [0.2, 0.25) is 0 Å². The highest BCUT2D eigenvalue weighted by molar-refractivity contribution is 5.71. The van der Waals surface area contributed by atoms with Crippen LogP contribution in [0.4, 0.5) is 4.79 Å². The highest BCUT2D eigenvalue weighted by Crippen LogP contribution is 2.10. The van der Waals surface area contributed by atoms with Gasteiger partial charge in [0.1, 0.15) is 0 Å². The van der Waals surface area contributed by atoms with Gasteiger partial charge in [-0.25, -0.2) is 4.79 Å². The van der Waals surface area contributed by atoms with Gasteiger partial charge < -0.3 is 10.6 Å². The van der Waals surface area contributed by atoms with Crippen LogP contribution in [-0.2, 0) is 0 Å². The van der Waals surface area contributed by atoms with Gasteiger partial charge in [-0.15, -0.1) is 0 Å². The molecule has 0 atom stereocenters. The molecule has 126 valence electrons. The van der Waals surface area contributed by atoms with E-state index >= 15 is 0 Å². The minimum atomic E-state index is -0.244. The Bertz CT molecular complexity index is 231. The van der Waals surface area contributed by atoms with Crippen LogP contribution in [0.5, 0.6) is 0 Å². The third-order valence-electron chi connectivity index (χ3n) is 4.12. The van der Waals surface area contributed by atoms with E-state index < -0.39 is 0 Å². The Kier molecular flexibility index (Phi) is 15.1. The predicted molar refractivity (Wildman–Crippen MR) is 92.5 cm³/mol. The summed E-state index contributed by atoms with van der Waals surface area (Å²) < 4.78 is 0. The predicted octanol–water partition coefficient (Wildman–Crippen LogP) is 5.48. The fourth-order valence-corrected chi connectivity index (χ4v) is 2.67. The second-order valence-corrected chi connectivity index (χ2v) is 6.21. The van der Waals surface area contributed by atoms with Crippen LogP contribution in [0, 0.1) is 0 Å². The van der Waals surface area contributed by atoms with E-state index in [-0.39, 0.29) is 6.03 Å². The van der Waals surface area contributed by atoms with E-state index in [1.807, 2.05) is 4.90 Å². The zero-order chi connectivity index (χ0) is 15.8. The fraction of sp³-hybridized carbons (Fsp3) is 0.944. The lowest BCUT2D eigenvalue weighted by Crippen LogP contribution is -2.37. The topological polar surface area (TPSA) is 46.3 Å². The molecule has 0 heterocycles. The molecule has 0 aliphatic heterocycles. The van der Waals surface area contributed by atoms with Crippen molar-refractivity contribution >= 4 is 6.03 Å². The number of unbranched alkanes of at least 4 members (excludes halogenated alkanes) is 11. The molecule has 3 nitrogen and oxygen atoms in total. The van der Waals surface area contributed by atoms with Crippen LogP contribution in [0.25, 0.3) is 0 Å². The van der Waals surface area contributed by atoms with Gasteiger partial charge >= 0.3 is 6.03 Å². The highest BCUT2D eigenvalue weighted by atomic mass is 16.2. The molecule has 0 aromatic rings. The number of hydrogen-bond acceptors (Lipinski definition) is 1. The standard InChI is InChI=1S/C18H38N2O/c1-3-5-7-9-10-11-12-13-15-17-20(18(19)21)16-14-8-6-4-2/h3-17H2,1-2H3,(H2,19,21). The molecule has 2 amide bonds. The number of amides is 2. The Labute approximate surface area is 132 Å². The van der Waals surface area contributed by atoms with E-state index in [0.29, 0.717) is 0 Å². The van der Waals surface area contributed by atoms with Crippen LogP contribution < -0.4 is 5.73 Å². The summed E-state index contributed by atoms with van der Waals surface area (Å²) in [7, 11) is 0. The van der Waals surface area contributed by atoms with Gasteiger partial charge in [0.15, 0.2) is 0 Å². The zero-order valence-corrected chi connectivity index (χ0v) is 14.5. The van der Waals surface area contributed by atoms with Crippen LogP contribution in [0.2, 0.25) is 0 Å². The van der Waals surface area contributed by atoms with Crippen molar-refractivity contribution in [2.24, 2.45) is 5.73 Å². The van der Waals surface area contributed by atoms with Gasteiger partial charge in [0.05, 0.1) is 0 Å². The van der Waals surface area contributed by atoms with Gasteiger partial charge in [0, 0.05) is 13.1 Å². The van der Waals surface area contributed by atoms with Crippen molar-refractivity contribution in [3.63, 3.8) is 0 Å². The maximum Gasteiger partial charge on any atom is 0.314 e. The number of nitrogens with two attached hydrogens (primary N) is 1. The molecule has 0 bridgehead atoms. The van der Waals surface area contributed by atoms with Gasteiger partial charge in [0.25, 0.3) is 0 Å². The molecule has 0 unspecified atom stereocenters. The van der Waals surface area contributed by atoms with Crippen LogP contribution in [0.1, 0.15) is 97.3 Å². The van der Waals surface area contributed by atoms with Crippen molar-refractivity contribution in [2.75, 3.05) is 13.1 Å². The lowest BCUT2D eigenvalue weighted by Gasteiger charge is -2.20. The summed E-state index contributed by atoms with van der Waals surface area (Å²) >= 11 is 0. The molecule has 21 heavy (non-hydrogen) atoms. The number of hydrogen-bond donors (Lipinski definition) is 1. The Balaban J connectivity index is 3.45. The molecule has 0 saturated carbocycles. The maximum atomic E-state index is 11.4. The third-order valence-corrected chi connectivity index (χ3v) is 4.12. The largest absolute Gasteiger partial charge is 0.351 e. The summed E-state index contributed by atoms with van der Waals surface area (Å²) in [4.78, 5) is 13.2. The number of primary amides is 1. The lowest BCUT2D eigenvalue weighted by molar-refractivity contribution is 0.205. The van der Waals surface area contributed by atoms with E-state index in [2.05, 4.69) is 13.8 Å². The van der Waals surface area contributed by atoms with Crippen LogP contribution >= 0.6 is 0 Å². The molecule has 0 saturated heterocycles. The van der Waals surface area contributed by atoms with Crippen LogP contribution in [0.3, 0.4) is 0 Å². The number of carbonyl (C=O) groups excluding carboxylic acids is 1. The van der Waals surface area contributed by atoms with E-state index in [9.17, 15) is 4.79 Å². The van der Waals surface area contributed by atoms with Gasteiger partial charge in [-0.1, -0.05) is 84.5 Å². The summed E-state index contributed by atoms with van der Waals surface area (Å²) in [5.74, 6) is 0. The average Bonchev–Trinajstić information content (AvgIpc) is 2.47. The Morgan fingerprint density at radius 1 is 0.667 bits per heavy atom. The summed E-state index contributed by atoms with van der Waals surface area (Å²) in [6.45, 7) is 6.14. The molecule has 2 N–H and O–H groups in total.